The van der Waals surface area contributed by atoms with E-state index < -0.39 is 6.09 Å². The summed E-state index contributed by atoms with van der Waals surface area (Å²) in [4.78, 5) is 21.1. The van der Waals surface area contributed by atoms with Crippen molar-refractivity contribution in [1.29, 1.82) is 0 Å². The van der Waals surface area contributed by atoms with E-state index in [2.05, 4.69) is 30.8 Å². The molecule has 5 rings (SSSR count). The van der Waals surface area contributed by atoms with Gasteiger partial charge in [-0.1, -0.05) is 6.07 Å². The number of anilines is 2. The Bertz CT molecular complexity index is 997. The van der Waals surface area contributed by atoms with Gasteiger partial charge in [0.25, 0.3) is 0 Å². The highest BCUT2D eigenvalue weighted by Gasteiger charge is 2.30. The zero-order chi connectivity index (χ0) is 18.9. The van der Waals surface area contributed by atoms with E-state index in [0.29, 0.717) is 42.1 Å². The first-order chi connectivity index (χ1) is 13.7. The van der Waals surface area contributed by atoms with Crippen molar-refractivity contribution in [2.24, 2.45) is 0 Å². The molecule has 9 heteroatoms. The first kappa shape index (κ1) is 16.8. The lowest BCUT2D eigenvalue weighted by molar-refractivity contribution is 0.100. The summed E-state index contributed by atoms with van der Waals surface area (Å²) in [6.07, 6.45) is 4.25. The highest BCUT2D eigenvalue weighted by atomic mass is 16.6. The van der Waals surface area contributed by atoms with Gasteiger partial charge in [0.2, 0.25) is 5.89 Å². The van der Waals surface area contributed by atoms with E-state index in [9.17, 15) is 4.79 Å². The first-order valence-corrected chi connectivity index (χ1v) is 9.41. The number of carbonyl (C=O) groups excluding carboxylic acids is 1. The zero-order valence-electron chi connectivity index (χ0n) is 15.1. The average Bonchev–Trinajstić information content (AvgIpc) is 3.42. The number of hydrogen-bond donors (Lipinski definition) is 3. The van der Waals surface area contributed by atoms with Crippen molar-refractivity contribution < 1.29 is 13.9 Å². The Morgan fingerprint density at radius 3 is 3.07 bits per heavy atom. The molecule has 144 valence electrons. The summed E-state index contributed by atoms with van der Waals surface area (Å²) in [7, 11) is 0. The van der Waals surface area contributed by atoms with Crippen molar-refractivity contribution in [1.82, 2.24) is 25.5 Å². The van der Waals surface area contributed by atoms with E-state index in [1.807, 2.05) is 24.3 Å². The van der Waals surface area contributed by atoms with Crippen LogP contribution in [0.1, 0.15) is 36.6 Å². The number of alkyl carbamates (subject to hydrolysis) is 1. The fourth-order valence-electron chi connectivity index (χ4n) is 3.72. The minimum absolute atomic E-state index is 0.0828. The van der Waals surface area contributed by atoms with Crippen LogP contribution >= 0.6 is 0 Å². The smallest absolute Gasteiger partial charge is 0.407 e. The lowest BCUT2D eigenvalue weighted by atomic mass is 10.0. The Morgan fingerprint density at radius 1 is 1.14 bits per heavy atom. The normalized spacial score (nSPS) is 21.8. The van der Waals surface area contributed by atoms with Gasteiger partial charge in [-0.05, 0) is 31.4 Å². The van der Waals surface area contributed by atoms with Crippen LogP contribution in [0.15, 0.2) is 34.9 Å². The molecule has 8 bridgehead atoms. The molecule has 0 spiro atoms. The number of carbonyl (C=O) groups is 1. The lowest BCUT2D eigenvalue weighted by Crippen LogP contribution is -2.29. The standard InChI is InChI=1S/C19H20N6O3/c26-19-20-7-6-12-10-27-18(21-12)14-2-1-3-16(22-14)23-17-9-15(24-25-17)11-4-5-13(8-11)28-19/h1-3,9-11,13H,4-8H2,(H,20,26)(H2,22,23,24,25)/t11-,13+/m0/s1. The van der Waals surface area contributed by atoms with Gasteiger partial charge in [-0.2, -0.15) is 5.10 Å². The molecule has 3 aromatic rings. The second-order valence-electron chi connectivity index (χ2n) is 7.10. The van der Waals surface area contributed by atoms with Crippen molar-refractivity contribution in [2.75, 3.05) is 11.9 Å². The fourth-order valence-corrected chi connectivity index (χ4v) is 3.72. The number of aromatic amines is 1. The number of H-pyrrole nitrogens is 1. The summed E-state index contributed by atoms with van der Waals surface area (Å²) >= 11 is 0. The van der Waals surface area contributed by atoms with Crippen LogP contribution in [0.4, 0.5) is 16.4 Å². The number of pyridine rings is 1. The topological polar surface area (TPSA) is 118 Å². The van der Waals surface area contributed by atoms with E-state index in [1.54, 1.807) is 6.26 Å². The van der Waals surface area contributed by atoms with Gasteiger partial charge < -0.3 is 19.8 Å². The number of hydrogen-bond acceptors (Lipinski definition) is 7. The molecule has 0 aromatic carbocycles. The molecule has 1 saturated carbocycles. The predicted molar refractivity (Wildman–Crippen MR) is 100 cm³/mol. The molecule has 4 heterocycles. The molecule has 0 saturated heterocycles. The quantitative estimate of drug-likeness (QED) is 0.548. The van der Waals surface area contributed by atoms with Gasteiger partial charge in [0.15, 0.2) is 5.82 Å². The maximum absolute atomic E-state index is 12.1. The van der Waals surface area contributed by atoms with Crippen molar-refractivity contribution in [3.05, 3.63) is 41.9 Å². The van der Waals surface area contributed by atoms with Crippen molar-refractivity contribution >= 4 is 17.7 Å². The summed E-state index contributed by atoms with van der Waals surface area (Å²) < 4.78 is 11.1. The van der Waals surface area contributed by atoms with Crippen LogP contribution in [0.2, 0.25) is 0 Å². The van der Waals surface area contributed by atoms with Gasteiger partial charge in [0.05, 0.1) is 5.69 Å². The molecule has 0 unspecified atom stereocenters. The Labute approximate surface area is 160 Å². The van der Waals surface area contributed by atoms with Gasteiger partial charge in [-0.3, -0.25) is 5.10 Å². The molecular weight excluding hydrogens is 360 g/mol. The average molecular weight is 380 g/mol. The monoisotopic (exact) mass is 380 g/mol. The van der Waals surface area contributed by atoms with E-state index >= 15 is 0 Å². The van der Waals surface area contributed by atoms with Gasteiger partial charge >= 0.3 is 6.09 Å². The maximum atomic E-state index is 12.1. The third kappa shape index (κ3) is 3.42. The molecule has 28 heavy (non-hydrogen) atoms. The van der Waals surface area contributed by atoms with Gasteiger partial charge in [0, 0.05) is 30.6 Å². The SMILES string of the molecule is O=C1NCCc2coc(n2)-c2cccc(n2)Nc2cc([nH]n2)[C@H]2CC[C@H](C2)O1. The van der Waals surface area contributed by atoms with Crippen LogP contribution < -0.4 is 10.6 Å². The minimum Gasteiger partial charge on any atom is -0.446 e. The van der Waals surface area contributed by atoms with Crippen LogP contribution in [0, 0.1) is 0 Å². The van der Waals surface area contributed by atoms with E-state index in [4.69, 9.17) is 9.15 Å². The van der Waals surface area contributed by atoms with E-state index in [1.165, 1.54) is 0 Å². The molecule has 1 fully saturated rings. The number of nitrogens with zero attached hydrogens (tertiary/aromatic N) is 3. The van der Waals surface area contributed by atoms with Crippen molar-refractivity contribution in [2.45, 2.75) is 37.7 Å². The summed E-state index contributed by atoms with van der Waals surface area (Å²) in [6.45, 7) is 0.430. The van der Waals surface area contributed by atoms with Gasteiger partial charge in [-0.15, -0.1) is 0 Å². The Balaban J connectivity index is 1.45. The molecule has 1 aliphatic heterocycles. The van der Waals surface area contributed by atoms with Gasteiger partial charge in [-0.25, -0.2) is 14.8 Å². The molecule has 3 N–H and O–H groups in total. The fraction of sp³-hybridized carbons (Fsp3) is 0.368. The molecule has 1 amide bonds. The lowest BCUT2D eigenvalue weighted by Gasteiger charge is -2.13. The second kappa shape index (κ2) is 6.99. The van der Waals surface area contributed by atoms with Crippen LogP contribution in [0.3, 0.4) is 0 Å². The molecule has 2 aliphatic rings. The summed E-state index contributed by atoms with van der Waals surface area (Å²) in [5.74, 6) is 2.08. The van der Waals surface area contributed by atoms with Crippen molar-refractivity contribution in [3.63, 3.8) is 0 Å². The minimum atomic E-state index is -0.392. The van der Waals surface area contributed by atoms with E-state index in [-0.39, 0.29) is 6.10 Å². The van der Waals surface area contributed by atoms with Crippen LogP contribution in [0.25, 0.3) is 11.6 Å². The predicted octanol–water partition coefficient (Wildman–Crippen LogP) is 3.12. The molecule has 0 radical (unpaired) electrons. The number of ether oxygens (including phenoxy) is 1. The summed E-state index contributed by atoms with van der Waals surface area (Å²) in [5.41, 5.74) is 2.40. The number of aromatic nitrogens is 4. The number of nitrogens with one attached hydrogen (secondary N) is 3. The molecule has 2 atom stereocenters. The third-order valence-corrected chi connectivity index (χ3v) is 5.12. The highest BCUT2D eigenvalue weighted by molar-refractivity contribution is 5.67. The Hall–Kier alpha value is -3.36. The third-order valence-electron chi connectivity index (χ3n) is 5.12. The summed E-state index contributed by atoms with van der Waals surface area (Å²) in [5, 5.41) is 13.4. The number of fused-ring (bicyclic) bond motifs is 10. The first-order valence-electron chi connectivity index (χ1n) is 9.41. The number of amides is 1. The van der Waals surface area contributed by atoms with Crippen LogP contribution in [-0.4, -0.2) is 38.9 Å². The Kier molecular flexibility index (Phi) is 4.19. The number of rotatable bonds is 0. The molecule has 1 aliphatic carbocycles. The van der Waals surface area contributed by atoms with Crippen LogP contribution in [0.5, 0.6) is 0 Å². The van der Waals surface area contributed by atoms with Crippen molar-refractivity contribution in [3.8, 4) is 11.6 Å². The van der Waals surface area contributed by atoms with Gasteiger partial charge in [0.1, 0.15) is 23.9 Å². The molecule has 3 aromatic heterocycles. The summed E-state index contributed by atoms with van der Waals surface area (Å²) in [6, 6.07) is 7.58. The zero-order valence-corrected chi connectivity index (χ0v) is 15.1. The Morgan fingerprint density at radius 2 is 2.11 bits per heavy atom. The van der Waals surface area contributed by atoms with Crippen LogP contribution in [-0.2, 0) is 11.2 Å². The van der Waals surface area contributed by atoms with E-state index in [0.717, 1.165) is 30.7 Å². The molecule has 9 nitrogen and oxygen atoms in total. The number of oxazole rings is 1. The maximum Gasteiger partial charge on any atom is 0.407 e. The second-order valence-corrected chi connectivity index (χ2v) is 7.10. The molecular formula is C19H20N6O3. The highest BCUT2D eigenvalue weighted by Crippen LogP contribution is 2.36. The largest absolute Gasteiger partial charge is 0.446 e.